The normalized spacial score (nSPS) is 11.1. The summed E-state index contributed by atoms with van der Waals surface area (Å²) in [7, 11) is 0. The smallest absolute Gasteiger partial charge is 0.330 e. The van der Waals surface area contributed by atoms with Crippen molar-refractivity contribution in [2.75, 3.05) is 17.2 Å². The molecule has 9 heteroatoms. The van der Waals surface area contributed by atoms with Crippen LogP contribution in [0.5, 0.6) is 0 Å². The van der Waals surface area contributed by atoms with Gasteiger partial charge < -0.3 is 10.6 Å². The van der Waals surface area contributed by atoms with Crippen molar-refractivity contribution < 1.29 is 4.79 Å². The van der Waals surface area contributed by atoms with E-state index >= 15 is 0 Å². The molecular weight excluding hydrogens is 448 g/mol. The summed E-state index contributed by atoms with van der Waals surface area (Å²) in [5, 5.41) is 0.260. The van der Waals surface area contributed by atoms with Crippen LogP contribution in [-0.2, 0) is 6.54 Å². The lowest BCUT2D eigenvalue weighted by Crippen LogP contribution is -2.42. The summed E-state index contributed by atoms with van der Waals surface area (Å²) in [5.41, 5.74) is 5.11. The summed E-state index contributed by atoms with van der Waals surface area (Å²) in [6.07, 6.45) is 1.56. The number of carbonyl (C=O) groups excluding carboxylic acids is 1. The molecule has 3 N–H and O–H groups in total. The van der Waals surface area contributed by atoms with E-state index in [-0.39, 0.29) is 34.6 Å². The molecule has 1 amide bonds. The number of carbonyl (C=O) groups is 1. The zero-order valence-electron chi connectivity index (χ0n) is 16.1. The Bertz CT molecular complexity index is 984. The Hall–Kier alpha value is -2.06. The molecule has 0 radical (unpaired) electrons. The Labute approximate surface area is 176 Å². The first-order valence-corrected chi connectivity index (χ1v) is 10.2. The summed E-state index contributed by atoms with van der Waals surface area (Å²) >= 11 is 9.55. The number of H-pyrrole nitrogens is 1. The molecule has 0 aliphatic carbocycles. The number of nitrogens with two attached hydrogens (primary N) is 1. The Balaban J connectivity index is 2.66. The third kappa shape index (κ3) is 4.86. The van der Waals surface area contributed by atoms with Crippen LogP contribution in [0.2, 0.25) is 5.02 Å². The van der Waals surface area contributed by atoms with Crippen LogP contribution in [0.3, 0.4) is 0 Å². The maximum absolute atomic E-state index is 13.3. The number of aromatic amines is 1. The van der Waals surface area contributed by atoms with Crippen LogP contribution in [0.15, 0.2) is 32.3 Å². The molecule has 2 rings (SSSR count). The van der Waals surface area contributed by atoms with E-state index < -0.39 is 17.2 Å². The van der Waals surface area contributed by atoms with Gasteiger partial charge in [-0.1, -0.05) is 54.7 Å². The largest absolute Gasteiger partial charge is 0.383 e. The Morgan fingerprint density at radius 3 is 2.64 bits per heavy atom. The lowest BCUT2D eigenvalue weighted by atomic mass is 10.1. The first-order chi connectivity index (χ1) is 13.2. The van der Waals surface area contributed by atoms with Crippen molar-refractivity contribution in [1.82, 2.24) is 9.55 Å². The fourth-order valence-corrected chi connectivity index (χ4v) is 3.38. The van der Waals surface area contributed by atoms with E-state index in [1.165, 1.54) is 9.47 Å². The first-order valence-electron chi connectivity index (χ1n) is 9.06. The third-order valence-electron chi connectivity index (χ3n) is 4.17. The number of halogens is 2. The Kier molecular flexibility index (Phi) is 7.48. The number of hydrogen-bond donors (Lipinski definition) is 2. The van der Waals surface area contributed by atoms with Crippen molar-refractivity contribution in [2.45, 2.75) is 40.2 Å². The number of hydrogen-bond acceptors (Lipinski definition) is 4. The standard InChI is InChI=1S/C19H24BrClN4O3/c1-4-5-8-24-16(22)15(17(26)23-19(24)28)25(10-11(2)3)18(27)13-9-12(20)6-7-14(13)21/h6-7,9,11H,4-5,8,10,22H2,1-3H3,(H,23,26,28). The van der Waals surface area contributed by atoms with Gasteiger partial charge in [0, 0.05) is 17.6 Å². The molecule has 0 atom stereocenters. The van der Waals surface area contributed by atoms with Gasteiger partial charge >= 0.3 is 5.69 Å². The molecule has 2 aromatic rings. The van der Waals surface area contributed by atoms with Crippen molar-refractivity contribution in [1.29, 1.82) is 0 Å². The van der Waals surface area contributed by atoms with E-state index in [0.717, 1.165) is 6.42 Å². The second-order valence-corrected chi connectivity index (χ2v) is 8.25. The van der Waals surface area contributed by atoms with Crippen molar-refractivity contribution in [2.24, 2.45) is 5.92 Å². The van der Waals surface area contributed by atoms with Crippen LogP contribution >= 0.6 is 27.5 Å². The van der Waals surface area contributed by atoms with Crippen LogP contribution in [0.4, 0.5) is 11.5 Å². The van der Waals surface area contributed by atoms with Crippen molar-refractivity contribution in [3.8, 4) is 0 Å². The summed E-state index contributed by atoms with van der Waals surface area (Å²) in [6.45, 7) is 6.41. The highest BCUT2D eigenvalue weighted by atomic mass is 79.9. The molecule has 1 heterocycles. The van der Waals surface area contributed by atoms with Gasteiger partial charge in [0.1, 0.15) is 5.82 Å². The fourth-order valence-electron chi connectivity index (χ4n) is 2.82. The van der Waals surface area contributed by atoms with E-state index in [1.807, 2.05) is 20.8 Å². The number of unbranched alkanes of at least 4 members (excludes halogenated alkanes) is 1. The zero-order valence-corrected chi connectivity index (χ0v) is 18.4. The second-order valence-electron chi connectivity index (χ2n) is 6.93. The minimum atomic E-state index is -0.699. The molecule has 7 nitrogen and oxygen atoms in total. The summed E-state index contributed by atoms with van der Waals surface area (Å²) in [5.74, 6) is -0.440. The van der Waals surface area contributed by atoms with Crippen LogP contribution in [-0.4, -0.2) is 22.0 Å². The molecule has 0 saturated carbocycles. The summed E-state index contributed by atoms with van der Waals surface area (Å²) in [4.78, 5) is 41.7. The van der Waals surface area contributed by atoms with Crippen LogP contribution in [0, 0.1) is 5.92 Å². The Morgan fingerprint density at radius 1 is 1.36 bits per heavy atom. The van der Waals surface area contributed by atoms with Crippen LogP contribution in [0.25, 0.3) is 0 Å². The van der Waals surface area contributed by atoms with Crippen LogP contribution < -0.4 is 21.9 Å². The highest BCUT2D eigenvalue weighted by Gasteiger charge is 2.27. The lowest BCUT2D eigenvalue weighted by molar-refractivity contribution is 0.0983. The molecule has 28 heavy (non-hydrogen) atoms. The highest BCUT2D eigenvalue weighted by molar-refractivity contribution is 9.10. The minimum absolute atomic E-state index is 0.0256. The average molecular weight is 472 g/mol. The maximum atomic E-state index is 13.3. The number of nitrogen functional groups attached to an aromatic ring is 1. The van der Waals surface area contributed by atoms with Crippen molar-refractivity contribution >= 4 is 44.9 Å². The van der Waals surface area contributed by atoms with Crippen LogP contribution in [0.1, 0.15) is 44.0 Å². The Morgan fingerprint density at radius 2 is 2.04 bits per heavy atom. The van der Waals surface area contributed by atoms with Crippen molar-refractivity contribution in [3.05, 3.63) is 54.1 Å². The minimum Gasteiger partial charge on any atom is -0.383 e. The predicted octanol–water partition coefficient (Wildman–Crippen LogP) is 3.64. The zero-order chi connectivity index (χ0) is 21.0. The molecule has 0 aliphatic heterocycles. The number of rotatable bonds is 7. The molecule has 0 spiro atoms. The van der Waals surface area contributed by atoms with Gasteiger partial charge in [0.25, 0.3) is 11.5 Å². The quantitative estimate of drug-likeness (QED) is 0.643. The van der Waals surface area contributed by atoms with E-state index in [2.05, 4.69) is 20.9 Å². The van der Waals surface area contributed by atoms with Gasteiger partial charge in [0.05, 0.1) is 10.6 Å². The molecule has 0 bridgehead atoms. The molecule has 152 valence electrons. The van der Waals surface area contributed by atoms with Gasteiger partial charge in [0.15, 0.2) is 5.69 Å². The van der Waals surface area contributed by atoms with Gasteiger partial charge in [-0.25, -0.2) is 4.79 Å². The summed E-state index contributed by atoms with van der Waals surface area (Å²) in [6, 6.07) is 4.91. The second kappa shape index (κ2) is 9.43. The SMILES string of the molecule is CCCCn1c(N)c(N(CC(C)C)C(=O)c2cc(Br)ccc2Cl)c(=O)[nH]c1=O. The molecule has 0 saturated heterocycles. The maximum Gasteiger partial charge on any atom is 0.330 e. The van der Waals surface area contributed by atoms with E-state index in [0.29, 0.717) is 17.4 Å². The average Bonchev–Trinajstić information content (AvgIpc) is 2.61. The number of amides is 1. The number of nitrogens with one attached hydrogen (secondary N) is 1. The summed E-state index contributed by atoms with van der Waals surface area (Å²) < 4.78 is 1.98. The monoisotopic (exact) mass is 470 g/mol. The first kappa shape index (κ1) is 22.2. The number of aromatic nitrogens is 2. The molecule has 1 aromatic heterocycles. The van der Waals surface area contributed by atoms with Gasteiger partial charge in [-0.15, -0.1) is 0 Å². The highest BCUT2D eigenvalue weighted by Crippen LogP contribution is 2.26. The van der Waals surface area contributed by atoms with Crippen molar-refractivity contribution in [3.63, 3.8) is 0 Å². The van der Waals surface area contributed by atoms with Gasteiger partial charge in [0.2, 0.25) is 0 Å². The molecule has 0 fully saturated rings. The molecular formula is C19H24BrClN4O3. The van der Waals surface area contributed by atoms with Gasteiger partial charge in [-0.2, -0.15) is 0 Å². The van der Waals surface area contributed by atoms with Gasteiger partial charge in [-0.3, -0.25) is 19.1 Å². The van der Waals surface area contributed by atoms with E-state index in [9.17, 15) is 14.4 Å². The topological polar surface area (TPSA) is 101 Å². The van der Waals surface area contributed by atoms with E-state index in [4.69, 9.17) is 17.3 Å². The van der Waals surface area contributed by atoms with Gasteiger partial charge in [-0.05, 0) is 30.5 Å². The number of benzene rings is 1. The lowest BCUT2D eigenvalue weighted by Gasteiger charge is -2.26. The predicted molar refractivity (Wildman–Crippen MR) is 116 cm³/mol. The molecule has 0 unspecified atom stereocenters. The third-order valence-corrected chi connectivity index (χ3v) is 4.99. The molecule has 0 aliphatic rings. The number of nitrogens with zero attached hydrogens (tertiary/aromatic N) is 2. The molecule has 1 aromatic carbocycles. The fraction of sp³-hybridized carbons (Fsp3) is 0.421. The van der Waals surface area contributed by atoms with E-state index in [1.54, 1.807) is 18.2 Å². The number of anilines is 2.